The lowest BCUT2D eigenvalue weighted by molar-refractivity contribution is 0.0912. The van der Waals surface area contributed by atoms with Gasteiger partial charge in [0.25, 0.3) is 5.91 Å². The molecule has 1 N–H and O–H groups in total. The van der Waals surface area contributed by atoms with E-state index in [0.29, 0.717) is 10.0 Å². The Bertz CT molecular complexity index is 552. The zero-order valence-corrected chi connectivity index (χ0v) is 11.1. The van der Waals surface area contributed by atoms with E-state index in [0.717, 1.165) is 5.56 Å². The Morgan fingerprint density at radius 3 is 2.67 bits per heavy atom. The number of furan rings is 1. The molecule has 0 saturated heterocycles. The standard InChI is InChI=1S/C13H11Cl2NO2/c1-8(9-4-5-10(14)11(15)7-9)16-13(17)12-3-2-6-18-12/h2-8H,1H3,(H,16,17)/t8-/m0/s1. The number of nitrogens with one attached hydrogen (secondary N) is 1. The van der Waals surface area contributed by atoms with Crippen molar-refractivity contribution in [3.05, 3.63) is 58.0 Å². The van der Waals surface area contributed by atoms with Crippen LogP contribution in [0.5, 0.6) is 0 Å². The molecule has 0 spiro atoms. The largest absolute Gasteiger partial charge is 0.459 e. The SMILES string of the molecule is C[C@H](NC(=O)c1ccco1)c1ccc(Cl)c(Cl)c1. The highest BCUT2D eigenvalue weighted by Gasteiger charge is 2.14. The molecule has 5 heteroatoms. The zero-order valence-electron chi connectivity index (χ0n) is 9.61. The highest BCUT2D eigenvalue weighted by atomic mass is 35.5. The molecule has 3 nitrogen and oxygen atoms in total. The van der Waals surface area contributed by atoms with Gasteiger partial charge in [0.15, 0.2) is 5.76 Å². The number of hydrogen-bond donors (Lipinski definition) is 1. The summed E-state index contributed by atoms with van der Waals surface area (Å²) in [4.78, 5) is 11.8. The monoisotopic (exact) mass is 283 g/mol. The summed E-state index contributed by atoms with van der Waals surface area (Å²) < 4.78 is 5.02. The van der Waals surface area contributed by atoms with Crippen molar-refractivity contribution in [2.24, 2.45) is 0 Å². The summed E-state index contributed by atoms with van der Waals surface area (Å²) in [5, 5.41) is 3.77. The maximum atomic E-state index is 11.8. The van der Waals surface area contributed by atoms with Gasteiger partial charge in [-0.15, -0.1) is 0 Å². The van der Waals surface area contributed by atoms with Crippen LogP contribution in [0.15, 0.2) is 41.0 Å². The van der Waals surface area contributed by atoms with Gasteiger partial charge < -0.3 is 9.73 Å². The van der Waals surface area contributed by atoms with Crippen LogP contribution in [0.25, 0.3) is 0 Å². The normalized spacial score (nSPS) is 12.2. The molecular formula is C13H11Cl2NO2. The molecule has 1 heterocycles. The summed E-state index contributed by atoms with van der Waals surface area (Å²) in [6, 6.07) is 8.35. The van der Waals surface area contributed by atoms with E-state index in [-0.39, 0.29) is 17.7 Å². The molecule has 0 aliphatic carbocycles. The van der Waals surface area contributed by atoms with Crippen LogP contribution in [0.4, 0.5) is 0 Å². The third-order valence-corrected chi connectivity index (χ3v) is 3.28. The van der Waals surface area contributed by atoms with E-state index in [4.69, 9.17) is 27.6 Å². The van der Waals surface area contributed by atoms with Gasteiger partial charge in [0.05, 0.1) is 22.4 Å². The fourth-order valence-electron chi connectivity index (χ4n) is 1.54. The Morgan fingerprint density at radius 2 is 2.06 bits per heavy atom. The Labute approximate surface area is 115 Å². The quantitative estimate of drug-likeness (QED) is 0.922. The van der Waals surface area contributed by atoms with Gasteiger partial charge in [-0.25, -0.2) is 0 Å². The van der Waals surface area contributed by atoms with Crippen molar-refractivity contribution in [2.45, 2.75) is 13.0 Å². The van der Waals surface area contributed by atoms with Crippen molar-refractivity contribution in [1.82, 2.24) is 5.32 Å². The molecule has 0 fully saturated rings. The Kier molecular flexibility index (Phi) is 3.94. The van der Waals surface area contributed by atoms with Gasteiger partial charge in [0, 0.05) is 0 Å². The molecule has 0 bridgehead atoms. The van der Waals surface area contributed by atoms with E-state index in [1.165, 1.54) is 6.26 Å². The summed E-state index contributed by atoms with van der Waals surface area (Å²) in [7, 11) is 0. The number of carbonyl (C=O) groups excluding carboxylic acids is 1. The second-order valence-electron chi connectivity index (χ2n) is 3.85. The molecule has 18 heavy (non-hydrogen) atoms. The summed E-state index contributed by atoms with van der Waals surface area (Å²) in [6.07, 6.45) is 1.46. The van der Waals surface area contributed by atoms with Crippen molar-refractivity contribution in [3.63, 3.8) is 0 Å². The molecule has 1 amide bonds. The molecule has 0 aliphatic rings. The second-order valence-corrected chi connectivity index (χ2v) is 4.66. The average molecular weight is 284 g/mol. The van der Waals surface area contributed by atoms with Crippen molar-refractivity contribution in [3.8, 4) is 0 Å². The number of carbonyl (C=O) groups is 1. The summed E-state index contributed by atoms with van der Waals surface area (Å²) >= 11 is 11.8. The van der Waals surface area contributed by atoms with Crippen LogP contribution >= 0.6 is 23.2 Å². The van der Waals surface area contributed by atoms with Crippen LogP contribution in [0.3, 0.4) is 0 Å². The van der Waals surface area contributed by atoms with Gasteiger partial charge in [-0.3, -0.25) is 4.79 Å². The first-order valence-corrected chi connectivity index (χ1v) is 6.13. The second kappa shape index (κ2) is 5.46. The number of benzene rings is 1. The third kappa shape index (κ3) is 2.86. The van der Waals surface area contributed by atoms with Gasteiger partial charge in [-0.2, -0.15) is 0 Å². The Morgan fingerprint density at radius 1 is 1.28 bits per heavy atom. The van der Waals surface area contributed by atoms with Crippen molar-refractivity contribution < 1.29 is 9.21 Å². The van der Waals surface area contributed by atoms with E-state index in [9.17, 15) is 4.79 Å². The van der Waals surface area contributed by atoms with Crippen molar-refractivity contribution in [1.29, 1.82) is 0 Å². The van der Waals surface area contributed by atoms with Crippen LogP contribution < -0.4 is 5.32 Å². The maximum Gasteiger partial charge on any atom is 0.287 e. The lowest BCUT2D eigenvalue weighted by Gasteiger charge is -2.14. The van der Waals surface area contributed by atoms with Crippen molar-refractivity contribution >= 4 is 29.1 Å². The number of hydrogen-bond acceptors (Lipinski definition) is 2. The first-order valence-electron chi connectivity index (χ1n) is 5.37. The maximum absolute atomic E-state index is 11.8. The van der Waals surface area contributed by atoms with Crippen LogP contribution in [0, 0.1) is 0 Å². The predicted octanol–water partition coefficient (Wildman–Crippen LogP) is 4.08. The number of amides is 1. The Balaban J connectivity index is 2.10. The highest BCUT2D eigenvalue weighted by molar-refractivity contribution is 6.42. The minimum absolute atomic E-state index is 0.183. The molecule has 2 aromatic rings. The minimum atomic E-state index is -0.265. The zero-order chi connectivity index (χ0) is 13.1. The van der Waals surface area contributed by atoms with Crippen LogP contribution in [-0.4, -0.2) is 5.91 Å². The van der Waals surface area contributed by atoms with Gasteiger partial charge in [0.2, 0.25) is 0 Å². The van der Waals surface area contributed by atoms with E-state index < -0.39 is 0 Å². The smallest absolute Gasteiger partial charge is 0.287 e. The minimum Gasteiger partial charge on any atom is -0.459 e. The molecule has 1 aromatic heterocycles. The molecule has 0 unspecified atom stereocenters. The van der Waals surface area contributed by atoms with Gasteiger partial charge in [-0.1, -0.05) is 29.3 Å². The van der Waals surface area contributed by atoms with Crippen LogP contribution in [0.2, 0.25) is 10.0 Å². The van der Waals surface area contributed by atoms with Gasteiger partial charge in [-0.05, 0) is 36.8 Å². The molecule has 1 atom stereocenters. The fraction of sp³-hybridized carbons (Fsp3) is 0.154. The van der Waals surface area contributed by atoms with Gasteiger partial charge >= 0.3 is 0 Å². The summed E-state index contributed by atoms with van der Waals surface area (Å²) in [6.45, 7) is 1.86. The molecular weight excluding hydrogens is 273 g/mol. The summed E-state index contributed by atoms with van der Waals surface area (Å²) in [5.74, 6) is 0.0143. The summed E-state index contributed by atoms with van der Waals surface area (Å²) in [5.41, 5.74) is 0.879. The molecule has 1 aromatic carbocycles. The highest BCUT2D eigenvalue weighted by Crippen LogP contribution is 2.25. The lowest BCUT2D eigenvalue weighted by atomic mass is 10.1. The third-order valence-electron chi connectivity index (χ3n) is 2.54. The lowest BCUT2D eigenvalue weighted by Crippen LogP contribution is -2.26. The van der Waals surface area contributed by atoms with Gasteiger partial charge in [0.1, 0.15) is 0 Å². The van der Waals surface area contributed by atoms with E-state index >= 15 is 0 Å². The van der Waals surface area contributed by atoms with Crippen LogP contribution in [-0.2, 0) is 0 Å². The molecule has 94 valence electrons. The van der Waals surface area contributed by atoms with E-state index in [1.54, 1.807) is 24.3 Å². The Hall–Kier alpha value is -1.45. The fourth-order valence-corrected chi connectivity index (χ4v) is 1.85. The molecule has 0 radical (unpaired) electrons. The van der Waals surface area contributed by atoms with Crippen LogP contribution in [0.1, 0.15) is 29.1 Å². The predicted molar refractivity (Wildman–Crippen MR) is 71.1 cm³/mol. The topological polar surface area (TPSA) is 42.2 Å². The molecule has 0 aliphatic heterocycles. The van der Waals surface area contributed by atoms with E-state index in [1.807, 2.05) is 13.0 Å². The molecule has 2 rings (SSSR count). The average Bonchev–Trinajstić information content (AvgIpc) is 2.86. The first kappa shape index (κ1) is 13.0. The number of rotatable bonds is 3. The van der Waals surface area contributed by atoms with E-state index in [2.05, 4.69) is 5.32 Å². The first-order chi connectivity index (χ1) is 8.58. The van der Waals surface area contributed by atoms with Crippen molar-refractivity contribution in [2.75, 3.05) is 0 Å². The number of halogens is 2. The molecule has 0 saturated carbocycles.